The van der Waals surface area contributed by atoms with Gasteiger partial charge in [0.1, 0.15) is 29.4 Å². The van der Waals surface area contributed by atoms with Gasteiger partial charge in [0.15, 0.2) is 5.82 Å². The molecule has 0 spiro atoms. The van der Waals surface area contributed by atoms with Crippen molar-refractivity contribution < 1.29 is 4.74 Å². The summed E-state index contributed by atoms with van der Waals surface area (Å²) in [5, 5.41) is 11.1. The van der Waals surface area contributed by atoms with Gasteiger partial charge in [-0.25, -0.2) is 19.6 Å². The third-order valence-electron chi connectivity index (χ3n) is 3.76. The lowest BCUT2D eigenvalue weighted by Gasteiger charge is -2.23. The molecule has 1 N–H and O–H groups in total. The summed E-state index contributed by atoms with van der Waals surface area (Å²) in [6.07, 6.45) is 3.68. The van der Waals surface area contributed by atoms with E-state index in [0.717, 1.165) is 47.1 Å². The van der Waals surface area contributed by atoms with Crippen LogP contribution in [0, 0.1) is 0 Å². The Hall–Kier alpha value is -2.06. The molecule has 0 fully saturated rings. The number of ether oxygens (including phenoxy) is 1. The molecule has 1 atom stereocenters. The molecule has 1 unspecified atom stereocenters. The number of aryl methyl sites for hydroxylation is 1. The predicted octanol–water partition coefficient (Wildman–Crippen LogP) is 2.38. The van der Waals surface area contributed by atoms with Crippen molar-refractivity contribution in [1.82, 2.24) is 24.7 Å². The van der Waals surface area contributed by atoms with E-state index in [1.165, 1.54) is 0 Å². The van der Waals surface area contributed by atoms with E-state index in [-0.39, 0.29) is 6.04 Å². The molecule has 0 bridgehead atoms. The summed E-state index contributed by atoms with van der Waals surface area (Å²) in [4.78, 5) is 14.3. The maximum atomic E-state index is 5.13. The first-order chi connectivity index (χ1) is 10.8. The lowest BCUT2D eigenvalue weighted by molar-refractivity contribution is 0.177. The van der Waals surface area contributed by atoms with Crippen LogP contribution < -0.4 is 5.32 Å². The molecule has 3 aromatic heterocycles. The van der Waals surface area contributed by atoms with Gasteiger partial charge >= 0.3 is 0 Å². The van der Waals surface area contributed by atoms with Crippen LogP contribution in [-0.4, -0.2) is 31.8 Å². The Morgan fingerprint density at radius 1 is 1.45 bits per heavy atom. The summed E-state index contributed by atoms with van der Waals surface area (Å²) in [5.74, 6) is 2.55. The minimum atomic E-state index is 0.116. The van der Waals surface area contributed by atoms with E-state index in [1.54, 1.807) is 24.8 Å². The number of hydrogen-bond acceptors (Lipinski definition) is 7. The van der Waals surface area contributed by atoms with Crippen LogP contribution in [0.4, 0.5) is 5.82 Å². The fourth-order valence-electron chi connectivity index (χ4n) is 2.80. The quantitative estimate of drug-likeness (QED) is 0.796. The van der Waals surface area contributed by atoms with Gasteiger partial charge in [-0.05, 0) is 24.3 Å². The van der Waals surface area contributed by atoms with Crippen LogP contribution in [0.25, 0.3) is 10.2 Å². The Labute approximate surface area is 131 Å². The molecule has 114 valence electrons. The second kappa shape index (κ2) is 5.62. The van der Waals surface area contributed by atoms with Gasteiger partial charge in [-0.3, -0.25) is 0 Å². The van der Waals surface area contributed by atoms with E-state index in [0.29, 0.717) is 6.61 Å². The van der Waals surface area contributed by atoms with Crippen LogP contribution in [0.3, 0.4) is 0 Å². The second-order valence-electron chi connectivity index (χ2n) is 5.24. The van der Waals surface area contributed by atoms with Crippen LogP contribution in [0.2, 0.25) is 0 Å². The normalized spacial score (nSPS) is 17.6. The zero-order chi connectivity index (χ0) is 14.9. The van der Waals surface area contributed by atoms with Crippen LogP contribution >= 0.6 is 11.3 Å². The molecular weight excluding hydrogens is 300 g/mol. The SMILES string of the molecule is COCc1nc2n(n1)CCCC2Nc1ncnc2sccc12. The third kappa shape index (κ3) is 2.34. The Morgan fingerprint density at radius 2 is 2.41 bits per heavy atom. The molecule has 8 heteroatoms. The number of anilines is 1. The summed E-state index contributed by atoms with van der Waals surface area (Å²) < 4.78 is 7.10. The van der Waals surface area contributed by atoms with Crippen molar-refractivity contribution in [3.8, 4) is 0 Å². The first kappa shape index (κ1) is 13.6. The molecule has 0 saturated carbocycles. The maximum Gasteiger partial charge on any atom is 0.176 e. The molecule has 7 nitrogen and oxygen atoms in total. The van der Waals surface area contributed by atoms with Crippen molar-refractivity contribution in [2.24, 2.45) is 0 Å². The molecule has 0 aliphatic carbocycles. The molecular formula is C14H16N6OS. The van der Waals surface area contributed by atoms with Crippen LogP contribution in [-0.2, 0) is 17.9 Å². The van der Waals surface area contributed by atoms with Crippen molar-refractivity contribution >= 4 is 27.4 Å². The fourth-order valence-corrected chi connectivity index (χ4v) is 3.53. The molecule has 4 rings (SSSR count). The van der Waals surface area contributed by atoms with Crippen molar-refractivity contribution in [1.29, 1.82) is 0 Å². The third-order valence-corrected chi connectivity index (χ3v) is 4.59. The van der Waals surface area contributed by atoms with Crippen LogP contribution in [0.5, 0.6) is 0 Å². The van der Waals surface area contributed by atoms with Gasteiger partial charge in [0.25, 0.3) is 0 Å². The van der Waals surface area contributed by atoms with Crippen molar-refractivity contribution in [2.75, 3.05) is 12.4 Å². The highest BCUT2D eigenvalue weighted by molar-refractivity contribution is 7.16. The Bertz CT molecular complexity index is 798. The number of nitrogens with one attached hydrogen (secondary N) is 1. The zero-order valence-corrected chi connectivity index (χ0v) is 13.0. The lowest BCUT2D eigenvalue weighted by Crippen LogP contribution is -2.23. The topological polar surface area (TPSA) is 77.8 Å². The van der Waals surface area contributed by atoms with Gasteiger partial charge in [0.2, 0.25) is 0 Å². The number of nitrogens with zero attached hydrogens (tertiary/aromatic N) is 5. The summed E-state index contributed by atoms with van der Waals surface area (Å²) in [6, 6.07) is 2.16. The van der Waals surface area contributed by atoms with Gasteiger partial charge in [-0.2, -0.15) is 5.10 Å². The highest BCUT2D eigenvalue weighted by Crippen LogP contribution is 2.30. The lowest BCUT2D eigenvalue weighted by atomic mass is 10.1. The molecule has 22 heavy (non-hydrogen) atoms. The first-order valence-corrected chi connectivity index (χ1v) is 8.10. The van der Waals surface area contributed by atoms with Gasteiger partial charge in [0.05, 0.1) is 11.4 Å². The predicted molar refractivity (Wildman–Crippen MR) is 83.7 cm³/mol. The molecule has 3 aromatic rings. The molecule has 4 heterocycles. The van der Waals surface area contributed by atoms with Gasteiger partial charge in [-0.1, -0.05) is 0 Å². The van der Waals surface area contributed by atoms with Crippen molar-refractivity contribution in [3.63, 3.8) is 0 Å². The smallest absolute Gasteiger partial charge is 0.176 e. The Morgan fingerprint density at radius 3 is 3.32 bits per heavy atom. The Kier molecular flexibility index (Phi) is 3.47. The summed E-state index contributed by atoms with van der Waals surface area (Å²) in [6.45, 7) is 1.34. The monoisotopic (exact) mass is 316 g/mol. The number of methoxy groups -OCH3 is 1. The van der Waals surface area contributed by atoms with Crippen molar-refractivity contribution in [2.45, 2.75) is 32.0 Å². The number of hydrogen-bond donors (Lipinski definition) is 1. The molecule has 1 aliphatic heterocycles. The average Bonchev–Trinajstić information content (AvgIpc) is 3.14. The summed E-state index contributed by atoms with van der Waals surface area (Å²) in [7, 11) is 1.66. The van der Waals surface area contributed by atoms with Gasteiger partial charge in [0, 0.05) is 13.7 Å². The molecule has 1 aliphatic rings. The molecule has 0 saturated heterocycles. The van der Waals surface area contributed by atoms with E-state index in [4.69, 9.17) is 4.74 Å². The highest BCUT2D eigenvalue weighted by atomic mass is 32.1. The minimum absolute atomic E-state index is 0.116. The summed E-state index contributed by atoms with van der Waals surface area (Å²) >= 11 is 1.62. The first-order valence-electron chi connectivity index (χ1n) is 7.22. The van der Waals surface area contributed by atoms with Gasteiger partial charge in [-0.15, -0.1) is 11.3 Å². The largest absolute Gasteiger partial charge is 0.377 e. The molecule has 0 aromatic carbocycles. The standard InChI is InChI=1S/C14H16N6OS/c1-21-7-11-18-13-10(3-2-5-20(13)19-11)17-12-9-4-6-22-14(9)16-8-15-12/h4,6,8,10H,2-3,5,7H2,1H3,(H,15,16,17). The average molecular weight is 316 g/mol. The number of fused-ring (bicyclic) bond motifs is 2. The van der Waals surface area contributed by atoms with Crippen molar-refractivity contribution in [3.05, 3.63) is 29.4 Å². The van der Waals surface area contributed by atoms with E-state index in [9.17, 15) is 0 Å². The van der Waals surface area contributed by atoms with E-state index in [2.05, 4.69) is 25.4 Å². The van der Waals surface area contributed by atoms with Gasteiger partial charge < -0.3 is 10.1 Å². The number of rotatable bonds is 4. The highest BCUT2D eigenvalue weighted by Gasteiger charge is 2.25. The number of thiophene rings is 1. The summed E-state index contributed by atoms with van der Waals surface area (Å²) in [5.41, 5.74) is 0. The van der Waals surface area contributed by atoms with Crippen LogP contribution in [0.1, 0.15) is 30.5 Å². The molecule has 0 amide bonds. The van der Waals surface area contributed by atoms with E-state index >= 15 is 0 Å². The fraction of sp³-hybridized carbons (Fsp3) is 0.429. The van der Waals surface area contributed by atoms with E-state index in [1.807, 2.05) is 16.1 Å². The zero-order valence-electron chi connectivity index (χ0n) is 12.2. The minimum Gasteiger partial charge on any atom is -0.377 e. The Balaban J connectivity index is 1.66. The maximum absolute atomic E-state index is 5.13. The van der Waals surface area contributed by atoms with E-state index < -0.39 is 0 Å². The van der Waals surface area contributed by atoms with Crippen LogP contribution in [0.15, 0.2) is 17.8 Å². The number of aromatic nitrogens is 5. The molecule has 0 radical (unpaired) electrons. The second-order valence-corrected chi connectivity index (χ2v) is 6.14.